The molecule has 2 heterocycles. The second kappa shape index (κ2) is 4.76. The quantitative estimate of drug-likeness (QED) is 0.613. The van der Waals surface area contributed by atoms with Crippen LogP contribution in [0, 0.1) is 0 Å². The molecule has 0 N–H and O–H groups in total. The van der Waals surface area contributed by atoms with Crippen LogP contribution in [0.2, 0.25) is 5.02 Å². The second-order valence-corrected chi connectivity index (χ2v) is 7.13. The summed E-state index contributed by atoms with van der Waals surface area (Å²) in [7, 11) is -0.817. The average molecular weight is 333 g/mol. The maximum absolute atomic E-state index is 8.46. The van der Waals surface area contributed by atoms with Gasteiger partial charge in [0.25, 0.3) is 0 Å². The normalized spacial score (nSPS) is 22.2. The van der Waals surface area contributed by atoms with Crippen LogP contribution in [-0.2, 0) is 9.31 Å². The van der Waals surface area contributed by atoms with Crippen molar-refractivity contribution in [3.05, 3.63) is 41.3 Å². The number of para-hydroxylation sites is 1. The van der Waals surface area contributed by atoms with Gasteiger partial charge in [0.05, 0.1) is 21.7 Å². The Morgan fingerprint density at radius 3 is 2.43 bits per heavy atom. The maximum Gasteiger partial charge on any atom is 0.495 e. The first-order valence-electron chi connectivity index (χ1n) is 9.42. The Balaban J connectivity index is 2.09. The Hall–Kier alpha value is -1.49. The van der Waals surface area contributed by atoms with Gasteiger partial charge in [-0.05, 0) is 45.3 Å². The van der Waals surface area contributed by atoms with Crippen molar-refractivity contribution in [2.75, 3.05) is 0 Å². The number of furan rings is 1. The van der Waals surface area contributed by atoms with Crippen LogP contribution in [0.4, 0.5) is 0 Å². The van der Waals surface area contributed by atoms with Crippen LogP contribution in [0.1, 0.15) is 33.2 Å². The molecular formula is C18H18BClO3. The van der Waals surface area contributed by atoms with Crippen LogP contribution in [-0.4, -0.2) is 18.3 Å². The summed E-state index contributed by atoms with van der Waals surface area (Å²) < 4.78 is 50.5. The molecule has 0 spiro atoms. The van der Waals surface area contributed by atoms with Gasteiger partial charge in [0, 0.05) is 10.8 Å². The summed E-state index contributed by atoms with van der Waals surface area (Å²) in [4.78, 5) is 0. The van der Waals surface area contributed by atoms with E-state index in [2.05, 4.69) is 0 Å². The predicted molar refractivity (Wildman–Crippen MR) is 94.4 cm³/mol. The third kappa shape index (κ3) is 2.13. The summed E-state index contributed by atoms with van der Waals surface area (Å²) >= 11 is 6.31. The van der Waals surface area contributed by atoms with Crippen LogP contribution in [0.15, 0.2) is 40.7 Å². The van der Waals surface area contributed by atoms with Crippen molar-refractivity contribution in [2.45, 2.75) is 38.9 Å². The van der Waals surface area contributed by atoms with E-state index in [-0.39, 0.29) is 34.8 Å². The van der Waals surface area contributed by atoms with Crippen molar-refractivity contribution in [2.24, 2.45) is 0 Å². The van der Waals surface area contributed by atoms with Gasteiger partial charge in [0.2, 0.25) is 0 Å². The van der Waals surface area contributed by atoms with Crippen molar-refractivity contribution in [3.63, 3.8) is 0 Å². The Morgan fingerprint density at radius 1 is 1.04 bits per heavy atom. The summed E-state index contributed by atoms with van der Waals surface area (Å²) in [5.74, 6) is 0. The van der Waals surface area contributed by atoms with Crippen molar-refractivity contribution >= 4 is 46.1 Å². The first-order valence-corrected chi connectivity index (χ1v) is 7.80. The van der Waals surface area contributed by atoms with E-state index in [9.17, 15) is 0 Å². The van der Waals surface area contributed by atoms with Gasteiger partial charge in [-0.15, -0.1) is 0 Å². The van der Waals surface area contributed by atoms with Crippen molar-refractivity contribution in [3.8, 4) is 0 Å². The fraction of sp³-hybridized carbons (Fsp3) is 0.333. The lowest BCUT2D eigenvalue weighted by Gasteiger charge is -2.32. The van der Waals surface area contributed by atoms with Gasteiger partial charge in [-0.25, -0.2) is 0 Å². The highest BCUT2D eigenvalue weighted by atomic mass is 35.5. The van der Waals surface area contributed by atoms with Crippen LogP contribution in [0.5, 0.6) is 0 Å². The summed E-state index contributed by atoms with van der Waals surface area (Å²) in [5.41, 5.74) is -0.276. The molecule has 0 aliphatic carbocycles. The van der Waals surface area contributed by atoms with Gasteiger partial charge in [-0.1, -0.05) is 35.8 Å². The number of benzene rings is 2. The molecule has 118 valence electrons. The Bertz CT molecular complexity index is 1090. The lowest BCUT2D eigenvalue weighted by molar-refractivity contribution is 0.00578. The van der Waals surface area contributed by atoms with E-state index in [1.54, 1.807) is 0 Å². The first-order chi connectivity index (χ1) is 12.4. The van der Waals surface area contributed by atoms with Crippen LogP contribution < -0.4 is 5.46 Å². The van der Waals surface area contributed by atoms with Gasteiger partial charge in [0.1, 0.15) is 5.58 Å². The maximum atomic E-state index is 8.46. The van der Waals surface area contributed by atoms with Gasteiger partial charge in [-0.3, -0.25) is 0 Å². The van der Waals surface area contributed by atoms with E-state index in [0.29, 0.717) is 21.8 Å². The molecule has 1 aromatic heterocycles. The molecule has 3 nitrogen and oxygen atoms in total. The van der Waals surface area contributed by atoms with E-state index in [1.165, 1.54) is 12.1 Å². The summed E-state index contributed by atoms with van der Waals surface area (Å²) in [6, 6.07) is 2.55. The van der Waals surface area contributed by atoms with E-state index in [4.69, 9.17) is 30.8 Å². The predicted octanol–water partition coefficient (Wildman–Crippen LogP) is 4.54. The van der Waals surface area contributed by atoms with Crippen LogP contribution in [0.3, 0.4) is 0 Å². The summed E-state index contributed by atoms with van der Waals surface area (Å²) in [6.45, 7) is 7.70. The second-order valence-electron chi connectivity index (χ2n) is 6.73. The fourth-order valence-corrected chi connectivity index (χ4v) is 2.92. The molecule has 0 unspecified atom stereocenters. The zero-order valence-corrected chi connectivity index (χ0v) is 14.1. The molecule has 4 rings (SSSR count). The molecule has 5 heteroatoms. The van der Waals surface area contributed by atoms with Crippen molar-refractivity contribution in [1.82, 2.24) is 0 Å². The SMILES string of the molecule is [2H]c1cc2c(oc3c(Cl)cc([2H])c(B4OC(C)(C)C(C)(C)O4)c32)c([2H])c1[2H]. The van der Waals surface area contributed by atoms with Gasteiger partial charge < -0.3 is 13.7 Å². The van der Waals surface area contributed by atoms with E-state index in [1.807, 2.05) is 27.7 Å². The molecule has 1 saturated heterocycles. The molecule has 0 saturated carbocycles. The molecule has 1 aliphatic heterocycles. The number of fused-ring (bicyclic) bond motifs is 3. The van der Waals surface area contributed by atoms with Gasteiger partial charge >= 0.3 is 7.12 Å². The fourth-order valence-electron chi connectivity index (χ4n) is 2.74. The van der Waals surface area contributed by atoms with E-state index >= 15 is 0 Å². The molecule has 0 atom stereocenters. The summed E-state index contributed by atoms with van der Waals surface area (Å²) in [5, 5.41) is 1.17. The number of halogens is 1. The third-order valence-corrected chi connectivity index (χ3v) is 5.02. The Kier molecular flexibility index (Phi) is 2.30. The highest BCUT2D eigenvalue weighted by Crippen LogP contribution is 2.39. The monoisotopic (exact) mass is 332 g/mol. The molecule has 23 heavy (non-hydrogen) atoms. The van der Waals surface area contributed by atoms with Crippen LogP contribution in [0.25, 0.3) is 21.9 Å². The van der Waals surface area contributed by atoms with Crippen molar-refractivity contribution < 1.29 is 19.2 Å². The lowest BCUT2D eigenvalue weighted by Crippen LogP contribution is -2.41. The van der Waals surface area contributed by atoms with Gasteiger partial charge in [0.15, 0.2) is 5.58 Å². The number of hydrogen-bond acceptors (Lipinski definition) is 3. The topological polar surface area (TPSA) is 31.6 Å². The van der Waals surface area contributed by atoms with E-state index < -0.39 is 18.3 Å². The average Bonchev–Trinajstić information content (AvgIpc) is 3.01. The zero-order valence-electron chi connectivity index (χ0n) is 17.3. The number of hydrogen-bond donors (Lipinski definition) is 0. The van der Waals surface area contributed by atoms with Crippen LogP contribution >= 0.6 is 11.6 Å². The van der Waals surface area contributed by atoms with Gasteiger partial charge in [-0.2, -0.15) is 0 Å². The molecule has 0 amide bonds. The molecular weight excluding hydrogens is 310 g/mol. The van der Waals surface area contributed by atoms with E-state index in [0.717, 1.165) is 0 Å². The first kappa shape index (κ1) is 11.1. The molecule has 3 aromatic rings. The van der Waals surface area contributed by atoms with Crippen molar-refractivity contribution in [1.29, 1.82) is 0 Å². The Morgan fingerprint density at radius 2 is 1.74 bits per heavy atom. The number of rotatable bonds is 1. The Labute approximate surface area is 146 Å². The largest absolute Gasteiger partial charge is 0.495 e. The molecule has 0 radical (unpaired) electrons. The highest BCUT2D eigenvalue weighted by molar-refractivity contribution is 6.66. The standard InChI is InChI=1S/C18H18BClO3/c1-17(2)18(3,4)23-19(22-17)12-9-10-13(20)16-15(12)11-7-5-6-8-14(11)21-16/h5-10H,1-4H3/i5D,6D,8D,9D. The lowest BCUT2D eigenvalue weighted by atomic mass is 9.76. The third-order valence-electron chi connectivity index (χ3n) is 4.74. The molecule has 1 aliphatic rings. The minimum absolute atomic E-state index is 0.0958. The minimum Gasteiger partial charge on any atom is -0.455 e. The highest BCUT2D eigenvalue weighted by Gasteiger charge is 2.52. The smallest absolute Gasteiger partial charge is 0.455 e. The minimum atomic E-state index is -0.817. The molecule has 2 aromatic carbocycles. The summed E-state index contributed by atoms with van der Waals surface area (Å²) in [6.07, 6.45) is 0. The zero-order chi connectivity index (χ0) is 19.9. The molecule has 1 fully saturated rings. The molecule has 0 bridgehead atoms.